The molecule has 0 amide bonds. The van der Waals surface area contributed by atoms with Gasteiger partial charge in [0.1, 0.15) is 0 Å². The van der Waals surface area contributed by atoms with Gasteiger partial charge in [0, 0.05) is 23.4 Å². The number of Topliss-reactive ketones (excluding diaryl/α,β-unsaturated/α-hetero) is 1. The minimum absolute atomic E-state index is 0.196. The molecule has 0 spiro atoms. The highest BCUT2D eigenvalue weighted by Gasteiger charge is 2.02. The number of benzene rings is 1. The van der Waals surface area contributed by atoms with E-state index in [0.29, 0.717) is 6.42 Å². The molecule has 0 unspecified atom stereocenters. The normalized spacial score (nSPS) is 9.90. The van der Waals surface area contributed by atoms with Gasteiger partial charge in [-0.05, 0) is 43.5 Å². The number of hydrogen-bond acceptors (Lipinski definition) is 4. The molecule has 0 atom stereocenters. The van der Waals surface area contributed by atoms with Crippen molar-refractivity contribution in [2.45, 2.75) is 57.8 Å². The van der Waals surface area contributed by atoms with Crippen molar-refractivity contribution in [2.75, 3.05) is 13.1 Å². The fourth-order valence-corrected chi connectivity index (χ4v) is 2.25. The molecule has 0 radical (unpaired) electrons. The van der Waals surface area contributed by atoms with Crippen LogP contribution in [0.5, 0.6) is 0 Å². The Morgan fingerprint density at radius 1 is 1.10 bits per heavy atom. The maximum atomic E-state index is 11.5. The van der Waals surface area contributed by atoms with Gasteiger partial charge in [0.2, 0.25) is 0 Å². The molecule has 1 rings (SSSR count). The van der Waals surface area contributed by atoms with Gasteiger partial charge in [0.05, 0.1) is 0 Å². The van der Waals surface area contributed by atoms with Gasteiger partial charge < -0.3 is 5.73 Å². The molecule has 3 N–H and O–H groups in total. The van der Waals surface area contributed by atoms with Crippen LogP contribution in [0.1, 0.15) is 63.2 Å². The first kappa shape index (κ1) is 20.2. The largest absolute Gasteiger partial charge is 0.330 e. The average molecular weight is 311 g/mol. The summed E-state index contributed by atoms with van der Waals surface area (Å²) < 4.78 is 3.31. The second-order valence-electron chi connectivity index (χ2n) is 4.85. The lowest BCUT2D eigenvalue weighted by atomic mass is 10.1. The van der Waals surface area contributed by atoms with Crippen LogP contribution >= 0.6 is 11.9 Å². The summed E-state index contributed by atoms with van der Waals surface area (Å²) in [6.07, 6.45) is 5.23. The van der Waals surface area contributed by atoms with Gasteiger partial charge in [-0.1, -0.05) is 45.7 Å². The molecule has 1 aromatic rings. The smallest absolute Gasteiger partial charge is 0.162 e. The van der Waals surface area contributed by atoms with Gasteiger partial charge in [-0.3, -0.25) is 9.52 Å². The highest BCUT2D eigenvalue weighted by atomic mass is 32.2. The Labute approximate surface area is 134 Å². The van der Waals surface area contributed by atoms with E-state index in [2.05, 4.69) is 18.6 Å². The number of nitrogens with two attached hydrogens (primary N) is 1. The van der Waals surface area contributed by atoms with E-state index in [1.165, 1.54) is 12.8 Å². The number of ketones is 1. The summed E-state index contributed by atoms with van der Waals surface area (Å²) in [7, 11) is 0. The molecule has 21 heavy (non-hydrogen) atoms. The standard InChI is InChI=1S/C14H22N2OS.C3H8/c1-2-14(17)12-6-8-13(9-7-12)18-16-11-5-3-4-10-15;1-3-2/h6-9,16H,2-5,10-11,15H2,1H3;3H2,1-2H3. The molecule has 0 fully saturated rings. The van der Waals surface area contributed by atoms with Crippen LogP contribution in [0, 0.1) is 0 Å². The molecule has 0 heterocycles. The predicted octanol–water partition coefficient (Wildman–Crippen LogP) is 4.42. The summed E-state index contributed by atoms with van der Waals surface area (Å²) in [5, 5.41) is 0. The first-order valence-electron chi connectivity index (χ1n) is 7.92. The van der Waals surface area contributed by atoms with E-state index in [9.17, 15) is 4.79 Å². The number of unbranched alkanes of at least 4 members (excludes halogenated alkanes) is 2. The van der Waals surface area contributed by atoms with Crippen molar-refractivity contribution in [3.05, 3.63) is 29.8 Å². The lowest BCUT2D eigenvalue weighted by Gasteiger charge is -2.04. The van der Waals surface area contributed by atoms with Crippen molar-refractivity contribution in [3.8, 4) is 0 Å². The molecule has 3 nitrogen and oxygen atoms in total. The van der Waals surface area contributed by atoms with Crippen LogP contribution in [-0.2, 0) is 0 Å². The lowest BCUT2D eigenvalue weighted by Crippen LogP contribution is -2.06. The van der Waals surface area contributed by atoms with Gasteiger partial charge in [0.25, 0.3) is 0 Å². The Hall–Kier alpha value is -0.840. The second kappa shape index (κ2) is 14.1. The molecule has 120 valence electrons. The van der Waals surface area contributed by atoms with Crippen molar-refractivity contribution in [1.29, 1.82) is 0 Å². The lowest BCUT2D eigenvalue weighted by molar-refractivity contribution is 0.0988. The maximum absolute atomic E-state index is 11.5. The van der Waals surface area contributed by atoms with Crippen LogP contribution in [0.4, 0.5) is 0 Å². The van der Waals surface area contributed by atoms with E-state index < -0.39 is 0 Å². The van der Waals surface area contributed by atoms with Crippen LogP contribution in [-0.4, -0.2) is 18.9 Å². The molecule has 0 saturated carbocycles. The second-order valence-corrected chi connectivity index (χ2v) is 5.82. The minimum Gasteiger partial charge on any atom is -0.330 e. The molecular weight excluding hydrogens is 280 g/mol. The molecule has 0 saturated heterocycles. The van der Waals surface area contributed by atoms with Crippen LogP contribution in [0.25, 0.3) is 0 Å². The van der Waals surface area contributed by atoms with Crippen LogP contribution < -0.4 is 10.5 Å². The topological polar surface area (TPSA) is 55.1 Å². The average Bonchev–Trinajstić information content (AvgIpc) is 2.51. The Bertz CT molecular complexity index is 366. The monoisotopic (exact) mass is 310 g/mol. The summed E-state index contributed by atoms with van der Waals surface area (Å²) in [5.74, 6) is 0.196. The van der Waals surface area contributed by atoms with E-state index >= 15 is 0 Å². The third-order valence-corrected chi connectivity index (χ3v) is 3.53. The van der Waals surface area contributed by atoms with Gasteiger partial charge in [-0.2, -0.15) is 0 Å². The highest BCUT2D eigenvalue weighted by molar-refractivity contribution is 7.97. The quantitative estimate of drug-likeness (QED) is 0.403. The summed E-state index contributed by atoms with van der Waals surface area (Å²) in [6, 6.07) is 7.76. The molecule has 1 aromatic carbocycles. The molecule has 4 heteroatoms. The molecular formula is C17H30N2OS. The molecule has 0 aliphatic heterocycles. The zero-order chi connectivity index (χ0) is 15.9. The third-order valence-electron chi connectivity index (χ3n) is 2.67. The van der Waals surface area contributed by atoms with Crippen LogP contribution in [0.3, 0.4) is 0 Å². The first-order valence-corrected chi connectivity index (χ1v) is 8.74. The van der Waals surface area contributed by atoms with Crippen molar-refractivity contribution >= 4 is 17.7 Å². The maximum Gasteiger partial charge on any atom is 0.162 e. The zero-order valence-corrected chi connectivity index (χ0v) is 14.5. The van der Waals surface area contributed by atoms with E-state index in [1.54, 1.807) is 11.9 Å². The Kier molecular flexibility index (Phi) is 13.5. The van der Waals surface area contributed by atoms with Crippen molar-refractivity contribution < 1.29 is 4.79 Å². The zero-order valence-electron chi connectivity index (χ0n) is 13.7. The highest BCUT2D eigenvalue weighted by Crippen LogP contribution is 2.16. The number of carbonyl (C=O) groups is 1. The first-order chi connectivity index (χ1) is 10.2. The van der Waals surface area contributed by atoms with E-state index in [1.807, 2.05) is 31.2 Å². The van der Waals surface area contributed by atoms with E-state index in [0.717, 1.165) is 36.4 Å². The Balaban J connectivity index is 0.00000122. The minimum atomic E-state index is 0.196. The summed E-state index contributed by atoms with van der Waals surface area (Å²) >= 11 is 1.61. The predicted molar refractivity (Wildman–Crippen MR) is 93.8 cm³/mol. The summed E-state index contributed by atoms with van der Waals surface area (Å²) in [5.41, 5.74) is 6.23. The van der Waals surface area contributed by atoms with Crippen molar-refractivity contribution in [1.82, 2.24) is 4.72 Å². The Morgan fingerprint density at radius 3 is 2.24 bits per heavy atom. The molecule has 0 aliphatic rings. The number of rotatable bonds is 9. The van der Waals surface area contributed by atoms with E-state index in [4.69, 9.17) is 5.73 Å². The van der Waals surface area contributed by atoms with Crippen LogP contribution in [0.2, 0.25) is 0 Å². The summed E-state index contributed by atoms with van der Waals surface area (Å²) in [4.78, 5) is 12.6. The van der Waals surface area contributed by atoms with Crippen molar-refractivity contribution in [3.63, 3.8) is 0 Å². The molecule has 0 aromatic heterocycles. The summed E-state index contributed by atoms with van der Waals surface area (Å²) in [6.45, 7) is 7.90. The van der Waals surface area contributed by atoms with E-state index in [-0.39, 0.29) is 5.78 Å². The van der Waals surface area contributed by atoms with Gasteiger partial charge in [0.15, 0.2) is 5.78 Å². The van der Waals surface area contributed by atoms with Gasteiger partial charge >= 0.3 is 0 Å². The van der Waals surface area contributed by atoms with Crippen molar-refractivity contribution in [2.24, 2.45) is 5.73 Å². The fourth-order valence-electron chi connectivity index (χ4n) is 1.57. The number of hydrogen-bond donors (Lipinski definition) is 2. The van der Waals surface area contributed by atoms with Crippen LogP contribution in [0.15, 0.2) is 29.2 Å². The third kappa shape index (κ3) is 10.5. The van der Waals surface area contributed by atoms with Gasteiger partial charge in [-0.25, -0.2) is 0 Å². The fraction of sp³-hybridized carbons (Fsp3) is 0.588. The number of nitrogens with one attached hydrogen (secondary N) is 1. The molecule has 0 bridgehead atoms. The Morgan fingerprint density at radius 2 is 1.71 bits per heavy atom. The molecule has 0 aliphatic carbocycles. The SMILES string of the molecule is CCC.CCC(=O)c1ccc(SNCCCCCN)cc1. The number of carbonyl (C=O) groups excluding carboxylic acids is 1. The van der Waals surface area contributed by atoms with Gasteiger partial charge in [-0.15, -0.1) is 0 Å².